The first kappa shape index (κ1) is 60.4. The van der Waals surface area contributed by atoms with Crippen molar-refractivity contribution in [1.82, 2.24) is 0 Å². The third-order valence-corrected chi connectivity index (χ3v) is 11.6. The zero-order valence-electron chi connectivity index (χ0n) is 41.2. The summed E-state index contributed by atoms with van der Waals surface area (Å²) in [7, 11) is 0. The summed E-state index contributed by atoms with van der Waals surface area (Å²) >= 11 is 0. The van der Waals surface area contributed by atoms with Gasteiger partial charge in [-0.05, 0) is 64.2 Å². The summed E-state index contributed by atoms with van der Waals surface area (Å²) in [6.07, 6.45) is 56.2. The fourth-order valence-electron chi connectivity index (χ4n) is 7.54. The lowest BCUT2D eigenvalue weighted by Gasteiger charge is -2.39. The molecule has 9 heteroatoms. The standard InChI is InChI=1S/C56H96O9/c1-3-5-7-9-11-13-15-17-19-21-23-24-25-26-27-29-31-33-35-37-39-41-43-45-52(58)64-50(49-63-56-55(61)54(60)53(59)51(47-57)65-56)48-62-46-44-42-40-38-36-34-32-30-28-22-20-18-16-14-12-10-8-6-4-2/h5,7,11,13,17,19,23-24,26-27,31,33,37,39,50-51,53-57,59-61H,3-4,6,8-10,12,14-16,18,20-22,25,28-30,32,34-36,38,40-49H2,1-2H3/b7-5-,13-11-,19-17-,24-23-,27-26-,33-31-,39-37-. The summed E-state index contributed by atoms with van der Waals surface area (Å²) in [4.78, 5) is 12.8. The Morgan fingerprint density at radius 3 is 1.35 bits per heavy atom. The highest BCUT2D eigenvalue weighted by Gasteiger charge is 2.44. The molecule has 6 unspecified atom stereocenters. The van der Waals surface area contributed by atoms with E-state index in [1.54, 1.807) is 0 Å². The number of aliphatic hydroxyl groups excluding tert-OH is 4. The number of rotatable bonds is 44. The Hall–Kier alpha value is -2.63. The van der Waals surface area contributed by atoms with E-state index in [1.807, 2.05) is 0 Å². The Kier molecular flexibility index (Phi) is 43.2. The molecule has 9 nitrogen and oxygen atoms in total. The van der Waals surface area contributed by atoms with E-state index >= 15 is 0 Å². The highest BCUT2D eigenvalue weighted by Crippen LogP contribution is 2.23. The Bertz CT molecular complexity index is 1270. The van der Waals surface area contributed by atoms with Gasteiger partial charge in [-0.3, -0.25) is 4.79 Å². The zero-order valence-corrected chi connectivity index (χ0v) is 41.2. The average molecular weight is 913 g/mol. The number of unbranched alkanes of at least 4 members (excludes halogenated alkanes) is 19. The first-order valence-corrected chi connectivity index (χ1v) is 26.2. The molecule has 0 amide bonds. The number of ether oxygens (including phenoxy) is 4. The second kappa shape index (κ2) is 46.5. The second-order valence-corrected chi connectivity index (χ2v) is 17.6. The summed E-state index contributed by atoms with van der Waals surface area (Å²) < 4.78 is 22.8. The first-order valence-electron chi connectivity index (χ1n) is 26.2. The van der Waals surface area contributed by atoms with Gasteiger partial charge in [0.15, 0.2) is 6.29 Å². The van der Waals surface area contributed by atoms with Crippen LogP contribution in [0.5, 0.6) is 0 Å². The van der Waals surface area contributed by atoms with E-state index in [-0.39, 0.29) is 25.6 Å². The van der Waals surface area contributed by atoms with Crippen LogP contribution in [0, 0.1) is 0 Å². The smallest absolute Gasteiger partial charge is 0.306 e. The molecule has 1 rings (SSSR count). The number of carbonyl (C=O) groups is 1. The van der Waals surface area contributed by atoms with Crippen LogP contribution in [-0.2, 0) is 23.7 Å². The summed E-state index contributed by atoms with van der Waals surface area (Å²) in [6, 6.07) is 0. The molecule has 1 saturated heterocycles. The molecule has 0 aromatic rings. The molecular weight excluding hydrogens is 817 g/mol. The molecule has 0 spiro atoms. The van der Waals surface area contributed by atoms with E-state index in [1.165, 1.54) is 109 Å². The quantitative estimate of drug-likeness (QED) is 0.0268. The molecule has 0 saturated carbocycles. The highest BCUT2D eigenvalue weighted by molar-refractivity contribution is 5.69. The summed E-state index contributed by atoms with van der Waals surface area (Å²) in [5.41, 5.74) is 0. The third kappa shape index (κ3) is 37.1. The molecule has 0 bridgehead atoms. The zero-order chi connectivity index (χ0) is 47.1. The van der Waals surface area contributed by atoms with E-state index in [0.717, 1.165) is 64.2 Å². The Morgan fingerprint density at radius 2 is 0.923 bits per heavy atom. The lowest BCUT2D eigenvalue weighted by Crippen LogP contribution is -2.59. The van der Waals surface area contributed by atoms with E-state index in [0.29, 0.717) is 13.0 Å². The second-order valence-electron chi connectivity index (χ2n) is 17.6. The highest BCUT2D eigenvalue weighted by atomic mass is 16.7. The van der Waals surface area contributed by atoms with Crippen molar-refractivity contribution in [1.29, 1.82) is 0 Å². The van der Waals surface area contributed by atoms with Gasteiger partial charge in [0.25, 0.3) is 0 Å². The minimum absolute atomic E-state index is 0.119. The summed E-state index contributed by atoms with van der Waals surface area (Å²) in [6.45, 7) is 4.39. The molecule has 1 heterocycles. The number of hydrogen-bond donors (Lipinski definition) is 4. The van der Waals surface area contributed by atoms with Crippen LogP contribution in [0.1, 0.15) is 200 Å². The number of hydrogen-bond acceptors (Lipinski definition) is 9. The normalized spacial score (nSPS) is 20.1. The minimum atomic E-state index is -1.55. The Balaban J connectivity index is 2.26. The van der Waals surface area contributed by atoms with Crippen molar-refractivity contribution in [2.24, 2.45) is 0 Å². The van der Waals surface area contributed by atoms with Crippen LogP contribution in [0.15, 0.2) is 85.1 Å². The largest absolute Gasteiger partial charge is 0.457 e. The van der Waals surface area contributed by atoms with Gasteiger partial charge in [0.1, 0.15) is 30.5 Å². The molecule has 0 aliphatic carbocycles. The van der Waals surface area contributed by atoms with E-state index in [4.69, 9.17) is 18.9 Å². The maximum Gasteiger partial charge on any atom is 0.306 e. The summed E-state index contributed by atoms with van der Waals surface area (Å²) in [5.74, 6) is -0.371. The topological polar surface area (TPSA) is 135 Å². The van der Waals surface area contributed by atoms with Crippen LogP contribution >= 0.6 is 0 Å². The van der Waals surface area contributed by atoms with Crippen LogP contribution in [0.3, 0.4) is 0 Å². The van der Waals surface area contributed by atoms with Crippen molar-refractivity contribution < 1.29 is 44.2 Å². The molecular formula is C56H96O9. The Labute approximate surface area is 397 Å². The molecule has 0 aromatic heterocycles. The fraction of sp³-hybridized carbons (Fsp3) is 0.732. The maximum absolute atomic E-state index is 12.8. The predicted octanol–water partition coefficient (Wildman–Crippen LogP) is 13.0. The van der Waals surface area contributed by atoms with Crippen molar-refractivity contribution in [3.63, 3.8) is 0 Å². The lowest BCUT2D eigenvalue weighted by molar-refractivity contribution is -0.305. The van der Waals surface area contributed by atoms with Crippen LogP contribution in [0.25, 0.3) is 0 Å². The molecule has 1 aliphatic rings. The van der Waals surface area contributed by atoms with Gasteiger partial charge in [-0.2, -0.15) is 0 Å². The number of esters is 1. The van der Waals surface area contributed by atoms with Crippen LogP contribution < -0.4 is 0 Å². The van der Waals surface area contributed by atoms with Crippen LogP contribution in [0.2, 0.25) is 0 Å². The first-order chi connectivity index (χ1) is 31.9. The van der Waals surface area contributed by atoms with Crippen molar-refractivity contribution >= 4 is 5.97 Å². The van der Waals surface area contributed by atoms with Gasteiger partial charge >= 0.3 is 5.97 Å². The van der Waals surface area contributed by atoms with Crippen LogP contribution in [0.4, 0.5) is 0 Å². The van der Waals surface area contributed by atoms with Gasteiger partial charge in [0, 0.05) is 13.0 Å². The maximum atomic E-state index is 12.8. The van der Waals surface area contributed by atoms with Crippen molar-refractivity contribution in [3.05, 3.63) is 85.1 Å². The van der Waals surface area contributed by atoms with E-state index < -0.39 is 43.4 Å². The van der Waals surface area contributed by atoms with Gasteiger partial charge in [-0.15, -0.1) is 0 Å². The molecule has 6 atom stereocenters. The fourth-order valence-corrected chi connectivity index (χ4v) is 7.54. The Morgan fingerprint density at radius 1 is 0.508 bits per heavy atom. The molecule has 1 aliphatic heterocycles. The van der Waals surface area contributed by atoms with E-state index in [9.17, 15) is 25.2 Å². The molecule has 4 N–H and O–H groups in total. The van der Waals surface area contributed by atoms with Gasteiger partial charge in [-0.1, -0.05) is 214 Å². The average Bonchev–Trinajstić information content (AvgIpc) is 3.31. The third-order valence-electron chi connectivity index (χ3n) is 11.6. The van der Waals surface area contributed by atoms with Crippen LogP contribution in [-0.4, -0.2) is 89.6 Å². The SMILES string of the molecule is CC/C=C\C/C=C\C/C=C\C/C=C\C/C=C\C/C=C\C/C=C\CCCC(=O)OC(COCCCCCCCCCCCCCCCCCCCCC)COC1OC(CO)C(O)C(O)C1O. The number of carbonyl (C=O) groups excluding carboxylic acids is 1. The molecule has 0 radical (unpaired) electrons. The predicted molar refractivity (Wildman–Crippen MR) is 270 cm³/mol. The number of aliphatic hydroxyl groups is 4. The van der Waals surface area contributed by atoms with E-state index in [2.05, 4.69) is 98.9 Å². The van der Waals surface area contributed by atoms with Gasteiger partial charge in [-0.25, -0.2) is 0 Å². The molecule has 0 aromatic carbocycles. The van der Waals surface area contributed by atoms with Gasteiger partial charge in [0.05, 0.1) is 19.8 Å². The molecule has 65 heavy (non-hydrogen) atoms. The van der Waals surface area contributed by atoms with Crippen molar-refractivity contribution in [2.75, 3.05) is 26.4 Å². The monoisotopic (exact) mass is 913 g/mol. The van der Waals surface area contributed by atoms with Gasteiger partial charge in [0.2, 0.25) is 0 Å². The van der Waals surface area contributed by atoms with Crippen molar-refractivity contribution in [3.8, 4) is 0 Å². The van der Waals surface area contributed by atoms with Gasteiger partial charge < -0.3 is 39.4 Å². The summed E-state index contributed by atoms with van der Waals surface area (Å²) in [5, 5.41) is 40.3. The minimum Gasteiger partial charge on any atom is -0.457 e. The number of allylic oxidation sites excluding steroid dienone is 14. The lowest BCUT2D eigenvalue weighted by atomic mass is 9.99. The molecule has 1 fully saturated rings. The molecule has 374 valence electrons. The van der Waals surface area contributed by atoms with Crippen molar-refractivity contribution in [2.45, 2.75) is 237 Å².